The molecule has 0 bridgehead atoms. The van der Waals surface area contributed by atoms with Crippen LogP contribution in [-0.2, 0) is 0 Å². The summed E-state index contributed by atoms with van der Waals surface area (Å²) in [5.41, 5.74) is 2.02. The third-order valence-electron chi connectivity index (χ3n) is 2.74. The molecule has 2 aromatic rings. The second kappa shape index (κ2) is 7.21. The molecule has 6 nitrogen and oxygen atoms in total. The number of hydrogen-bond donors (Lipinski definition) is 2. The topological polar surface area (TPSA) is 72.0 Å². The number of ether oxygens (including phenoxy) is 1. The number of aromatic nitrogens is 3. The number of anilines is 3. The SMILES string of the molecule is CCNc1nc(Nc2cccc(Br)c2C)nc(OCC)n1. The van der Waals surface area contributed by atoms with Gasteiger partial charge in [-0.25, -0.2) is 0 Å². The molecule has 2 rings (SSSR count). The predicted molar refractivity (Wildman–Crippen MR) is 87.3 cm³/mol. The van der Waals surface area contributed by atoms with Gasteiger partial charge in [0.15, 0.2) is 0 Å². The molecule has 1 aromatic heterocycles. The highest BCUT2D eigenvalue weighted by atomic mass is 79.9. The molecule has 21 heavy (non-hydrogen) atoms. The fraction of sp³-hybridized carbons (Fsp3) is 0.357. The fourth-order valence-electron chi connectivity index (χ4n) is 1.71. The standard InChI is InChI=1S/C14H18BrN5O/c1-4-16-12-18-13(20-14(19-12)21-5-2)17-11-8-6-7-10(15)9(11)3/h6-8H,4-5H2,1-3H3,(H2,16,17,18,19,20). The van der Waals surface area contributed by atoms with Crippen LogP contribution in [0, 0.1) is 6.92 Å². The molecule has 0 amide bonds. The van der Waals surface area contributed by atoms with Gasteiger partial charge in [0.2, 0.25) is 11.9 Å². The van der Waals surface area contributed by atoms with Crippen molar-refractivity contribution in [3.63, 3.8) is 0 Å². The summed E-state index contributed by atoms with van der Waals surface area (Å²) in [5.74, 6) is 0.941. The van der Waals surface area contributed by atoms with Crippen molar-refractivity contribution in [2.24, 2.45) is 0 Å². The summed E-state index contributed by atoms with van der Waals surface area (Å²) in [7, 11) is 0. The zero-order valence-electron chi connectivity index (χ0n) is 12.3. The van der Waals surface area contributed by atoms with E-state index in [1.807, 2.05) is 39.0 Å². The van der Waals surface area contributed by atoms with Crippen LogP contribution in [0.25, 0.3) is 0 Å². The average Bonchev–Trinajstić information content (AvgIpc) is 2.44. The van der Waals surface area contributed by atoms with Gasteiger partial charge in [-0.1, -0.05) is 22.0 Å². The number of halogens is 1. The van der Waals surface area contributed by atoms with E-state index in [9.17, 15) is 0 Å². The third-order valence-corrected chi connectivity index (χ3v) is 3.60. The largest absolute Gasteiger partial charge is 0.464 e. The Kier molecular flexibility index (Phi) is 5.32. The molecule has 112 valence electrons. The van der Waals surface area contributed by atoms with Crippen LogP contribution >= 0.6 is 15.9 Å². The lowest BCUT2D eigenvalue weighted by Gasteiger charge is -2.11. The van der Waals surface area contributed by atoms with E-state index < -0.39 is 0 Å². The smallest absolute Gasteiger partial charge is 0.323 e. The number of nitrogens with zero attached hydrogens (tertiary/aromatic N) is 3. The molecular weight excluding hydrogens is 334 g/mol. The molecule has 0 aliphatic heterocycles. The maximum atomic E-state index is 5.37. The Labute approximate surface area is 132 Å². The van der Waals surface area contributed by atoms with Gasteiger partial charge in [-0.15, -0.1) is 0 Å². The zero-order valence-corrected chi connectivity index (χ0v) is 13.9. The van der Waals surface area contributed by atoms with Crippen molar-refractivity contribution in [2.45, 2.75) is 20.8 Å². The van der Waals surface area contributed by atoms with E-state index in [4.69, 9.17) is 4.74 Å². The van der Waals surface area contributed by atoms with E-state index in [1.54, 1.807) is 0 Å². The average molecular weight is 352 g/mol. The summed E-state index contributed by atoms with van der Waals surface area (Å²) >= 11 is 3.51. The molecule has 1 aromatic carbocycles. The van der Waals surface area contributed by atoms with Crippen molar-refractivity contribution in [3.8, 4) is 6.01 Å². The van der Waals surface area contributed by atoms with Crippen LogP contribution < -0.4 is 15.4 Å². The number of nitrogens with one attached hydrogen (secondary N) is 2. The molecule has 0 aliphatic carbocycles. The second-order valence-corrected chi connectivity index (χ2v) is 5.12. The summed E-state index contributed by atoms with van der Waals surface area (Å²) in [6, 6.07) is 6.22. The molecular formula is C14H18BrN5O. The van der Waals surface area contributed by atoms with Crippen molar-refractivity contribution >= 4 is 33.5 Å². The van der Waals surface area contributed by atoms with Gasteiger partial charge >= 0.3 is 6.01 Å². The molecule has 0 fully saturated rings. The van der Waals surface area contributed by atoms with E-state index in [-0.39, 0.29) is 0 Å². The molecule has 0 spiro atoms. The van der Waals surface area contributed by atoms with Crippen LogP contribution in [-0.4, -0.2) is 28.1 Å². The Balaban J connectivity index is 2.31. The Morgan fingerprint density at radius 3 is 2.62 bits per heavy atom. The van der Waals surface area contributed by atoms with Crippen LogP contribution in [0.2, 0.25) is 0 Å². The van der Waals surface area contributed by atoms with Crippen molar-refractivity contribution in [3.05, 3.63) is 28.2 Å². The van der Waals surface area contributed by atoms with E-state index >= 15 is 0 Å². The van der Waals surface area contributed by atoms with Gasteiger partial charge in [0.1, 0.15) is 0 Å². The lowest BCUT2D eigenvalue weighted by molar-refractivity contribution is 0.312. The fourth-order valence-corrected chi connectivity index (χ4v) is 2.07. The minimum Gasteiger partial charge on any atom is -0.464 e. The van der Waals surface area contributed by atoms with Gasteiger partial charge in [0, 0.05) is 16.7 Å². The lowest BCUT2D eigenvalue weighted by atomic mass is 10.2. The van der Waals surface area contributed by atoms with Crippen molar-refractivity contribution in [1.82, 2.24) is 15.0 Å². The van der Waals surface area contributed by atoms with Gasteiger partial charge < -0.3 is 15.4 Å². The Hall–Kier alpha value is -1.89. The molecule has 0 unspecified atom stereocenters. The first-order valence-corrected chi connectivity index (χ1v) is 7.58. The Morgan fingerprint density at radius 2 is 1.90 bits per heavy atom. The van der Waals surface area contributed by atoms with Crippen molar-refractivity contribution in [1.29, 1.82) is 0 Å². The molecule has 1 heterocycles. The Morgan fingerprint density at radius 1 is 1.14 bits per heavy atom. The predicted octanol–water partition coefficient (Wildman–Crippen LogP) is 3.52. The third kappa shape index (κ3) is 4.04. The molecule has 0 atom stereocenters. The van der Waals surface area contributed by atoms with Crippen LogP contribution in [0.15, 0.2) is 22.7 Å². The van der Waals surface area contributed by atoms with Crippen molar-refractivity contribution in [2.75, 3.05) is 23.8 Å². The summed E-state index contributed by atoms with van der Waals surface area (Å²) in [6.07, 6.45) is 0. The molecule has 0 radical (unpaired) electrons. The highest BCUT2D eigenvalue weighted by Crippen LogP contribution is 2.26. The van der Waals surface area contributed by atoms with Crippen LogP contribution in [0.3, 0.4) is 0 Å². The molecule has 2 N–H and O–H groups in total. The van der Waals surface area contributed by atoms with Crippen molar-refractivity contribution < 1.29 is 4.74 Å². The van der Waals surface area contributed by atoms with E-state index in [0.29, 0.717) is 24.5 Å². The molecule has 0 aliphatic rings. The Bertz CT molecular complexity index is 596. The van der Waals surface area contributed by atoms with Gasteiger partial charge in [-0.3, -0.25) is 0 Å². The number of hydrogen-bond acceptors (Lipinski definition) is 6. The van der Waals surface area contributed by atoms with Gasteiger partial charge in [0.05, 0.1) is 6.61 Å². The van der Waals surface area contributed by atoms with Crippen LogP contribution in [0.1, 0.15) is 19.4 Å². The lowest BCUT2D eigenvalue weighted by Crippen LogP contribution is -2.09. The first-order valence-electron chi connectivity index (χ1n) is 6.79. The normalized spacial score (nSPS) is 10.3. The maximum absolute atomic E-state index is 5.37. The van der Waals surface area contributed by atoms with Crippen LogP contribution in [0.5, 0.6) is 6.01 Å². The minimum atomic E-state index is 0.304. The van der Waals surface area contributed by atoms with E-state index in [1.165, 1.54) is 0 Å². The summed E-state index contributed by atoms with van der Waals surface area (Å²) in [4.78, 5) is 12.8. The first-order chi connectivity index (χ1) is 10.1. The minimum absolute atomic E-state index is 0.304. The monoisotopic (exact) mass is 351 g/mol. The summed E-state index contributed by atoms with van der Waals surface area (Å²) in [5, 5.41) is 6.27. The first kappa shape index (κ1) is 15.5. The summed E-state index contributed by atoms with van der Waals surface area (Å²) in [6.45, 7) is 7.12. The number of benzene rings is 1. The zero-order chi connectivity index (χ0) is 15.2. The molecule has 0 saturated carbocycles. The van der Waals surface area contributed by atoms with Gasteiger partial charge in [-0.05, 0) is 38.5 Å². The summed E-state index contributed by atoms with van der Waals surface area (Å²) < 4.78 is 6.40. The maximum Gasteiger partial charge on any atom is 0.323 e. The van der Waals surface area contributed by atoms with E-state index in [0.717, 1.165) is 22.3 Å². The number of rotatable bonds is 6. The van der Waals surface area contributed by atoms with Gasteiger partial charge in [0.25, 0.3) is 0 Å². The second-order valence-electron chi connectivity index (χ2n) is 4.27. The molecule has 0 saturated heterocycles. The highest BCUT2D eigenvalue weighted by molar-refractivity contribution is 9.10. The van der Waals surface area contributed by atoms with Crippen LogP contribution in [0.4, 0.5) is 17.6 Å². The quantitative estimate of drug-likeness (QED) is 0.829. The van der Waals surface area contributed by atoms with Gasteiger partial charge in [-0.2, -0.15) is 15.0 Å². The highest BCUT2D eigenvalue weighted by Gasteiger charge is 2.09. The van der Waals surface area contributed by atoms with E-state index in [2.05, 4.69) is 41.5 Å². The molecule has 7 heteroatoms.